The van der Waals surface area contributed by atoms with Crippen LogP contribution < -0.4 is 10.5 Å². The van der Waals surface area contributed by atoms with E-state index in [0.717, 1.165) is 34.9 Å². The number of benzene rings is 3. The number of nitrogens with two attached hydrogens (primary N) is 1. The Morgan fingerprint density at radius 2 is 1.57 bits per heavy atom. The number of ether oxygens (including phenoxy) is 1. The molecule has 0 radical (unpaired) electrons. The predicted octanol–water partition coefficient (Wildman–Crippen LogP) is 6.55. The average molecular weight is 488 g/mol. The molecular weight excluding hydrogens is 464 g/mol. The van der Waals surface area contributed by atoms with Crippen LogP contribution in [0.3, 0.4) is 0 Å². The molecule has 0 bridgehead atoms. The van der Waals surface area contributed by atoms with E-state index in [4.69, 9.17) is 25.8 Å². The number of alkyl halides is 3. The van der Waals surface area contributed by atoms with Crippen LogP contribution in [0.1, 0.15) is 42.4 Å². The fourth-order valence-electron chi connectivity index (χ4n) is 3.67. The van der Waals surface area contributed by atoms with Gasteiger partial charge in [-0.2, -0.15) is 13.2 Å². The molecule has 9 heteroatoms. The summed E-state index contributed by atoms with van der Waals surface area (Å²) in [6.45, 7) is 0. The Hall–Kier alpha value is -3.88. The Kier molecular flexibility index (Phi) is 8.11. The van der Waals surface area contributed by atoms with Crippen LogP contribution in [-0.2, 0) is 4.79 Å². The molecule has 4 N–H and O–H groups in total. The van der Waals surface area contributed by atoms with Gasteiger partial charge in [0.25, 0.3) is 0 Å². The van der Waals surface area contributed by atoms with E-state index in [1.54, 1.807) is 12.1 Å². The van der Waals surface area contributed by atoms with Gasteiger partial charge in [0.2, 0.25) is 0 Å². The largest absolute Gasteiger partial charge is 0.490 e. The zero-order valence-electron chi connectivity index (χ0n) is 18.6. The molecule has 1 saturated carbocycles. The second-order valence-electron chi connectivity index (χ2n) is 8.08. The van der Waals surface area contributed by atoms with E-state index in [1.165, 1.54) is 18.9 Å². The first-order valence-corrected chi connectivity index (χ1v) is 10.9. The van der Waals surface area contributed by atoms with Gasteiger partial charge in [-0.05, 0) is 72.4 Å². The van der Waals surface area contributed by atoms with Crippen molar-refractivity contribution in [3.05, 3.63) is 77.4 Å². The van der Waals surface area contributed by atoms with Gasteiger partial charge in [0, 0.05) is 11.1 Å². The number of carbonyl (C=O) groups is 1. The Balaban J connectivity index is 0.000000429. The quantitative estimate of drug-likeness (QED) is 0.164. The molecule has 184 valence electrons. The number of rotatable bonds is 5. The number of nitrogen functional groups attached to an aromatic ring is 1. The van der Waals surface area contributed by atoms with Crippen molar-refractivity contribution >= 4 is 34.5 Å². The van der Waals surface area contributed by atoms with E-state index in [9.17, 15) is 17.6 Å². The summed E-state index contributed by atoms with van der Waals surface area (Å²) in [4.78, 5) is 8.90. The van der Waals surface area contributed by atoms with Crippen molar-refractivity contribution in [3.8, 4) is 5.75 Å². The fourth-order valence-corrected chi connectivity index (χ4v) is 3.67. The molecule has 0 aromatic heterocycles. The summed E-state index contributed by atoms with van der Waals surface area (Å²) in [7, 11) is 0. The van der Waals surface area contributed by atoms with Gasteiger partial charge in [-0.3, -0.25) is 5.41 Å². The molecule has 1 aliphatic rings. The lowest BCUT2D eigenvalue weighted by Gasteiger charge is -2.13. The number of nitrogens with one attached hydrogen (secondary N) is 1. The van der Waals surface area contributed by atoms with Gasteiger partial charge in [0.1, 0.15) is 17.4 Å². The summed E-state index contributed by atoms with van der Waals surface area (Å²) >= 11 is 0. The second-order valence-corrected chi connectivity index (χ2v) is 8.08. The first kappa shape index (κ1) is 25.7. The minimum atomic E-state index is -5.08. The minimum Gasteiger partial charge on any atom is -0.490 e. The van der Waals surface area contributed by atoms with Crippen LogP contribution in [0.2, 0.25) is 0 Å². The number of aliphatic carboxylic acids is 1. The van der Waals surface area contributed by atoms with Gasteiger partial charge in [-0.15, -0.1) is 0 Å². The molecule has 3 aromatic carbocycles. The Bertz CT molecular complexity index is 1250. The van der Waals surface area contributed by atoms with Crippen molar-refractivity contribution in [1.29, 1.82) is 5.41 Å². The molecule has 0 spiro atoms. The summed E-state index contributed by atoms with van der Waals surface area (Å²) in [6, 6.07) is 18.5. The number of hydrogen-bond donors (Lipinski definition) is 3. The summed E-state index contributed by atoms with van der Waals surface area (Å²) < 4.78 is 52.6. The molecule has 0 heterocycles. The number of fused-ring (bicyclic) bond motifs is 1. The van der Waals surface area contributed by atoms with Crippen molar-refractivity contribution < 1.29 is 32.2 Å². The maximum absolute atomic E-state index is 14.9. The molecule has 0 atom stereocenters. The maximum atomic E-state index is 14.9. The van der Waals surface area contributed by atoms with Crippen molar-refractivity contribution in [1.82, 2.24) is 0 Å². The number of amidine groups is 1. The topological polar surface area (TPSA) is 96.4 Å². The fraction of sp³-hybridized carbons (Fsp3) is 0.231. The third-order valence-electron chi connectivity index (χ3n) is 5.43. The molecule has 35 heavy (non-hydrogen) atoms. The number of hydrogen-bond acceptors (Lipinski definition) is 3. The minimum absolute atomic E-state index is 0.0248. The number of carboxylic acid groups (broad SMARTS) is 1. The first-order chi connectivity index (χ1) is 16.5. The monoisotopic (exact) mass is 488 g/mol. The molecule has 5 nitrogen and oxygen atoms in total. The van der Waals surface area contributed by atoms with Crippen molar-refractivity contribution in [2.45, 2.75) is 38.0 Å². The van der Waals surface area contributed by atoms with Crippen LogP contribution >= 0.6 is 0 Å². The van der Waals surface area contributed by atoms with E-state index < -0.39 is 12.1 Å². The maximum Gasteiger partial charge on any atom is 0.490 e. The molecule has 1 fully saturated rings. The smallest absolute Gasteiger partial charge is 0.490 e. The van der Waals surface area contributed by atoms with Gasteiger partial charge in [0.05, 0.1) is 6.10 Å². The highest BCUT2D eigenvalue weighted by molar-refractivity contribution is 5.99. The number of halogens is 4. The van der Waals surface area contributed by atoms with Crippen LogP contribution in [-0.4, -0.2) is 29.2 Å². The third kappa shape index (κ3) is 7.30. The zero-order valence-corrected chi connectivity index (χ0v) is 18.6. The van der Waals surface area contributed by atoms with Crippen LogP contribution in [0.15, 0.2) is 60.7 Å². The first-order valence-electron chi connectivity index (χ1n) is 10.9. The predicted molar refractivity (Wildman–Crippen MR) is 127 cm³/mol. The van der Waals surface area contributed by atoms with Gasteiger partial charge >= 0.3 is 12.1 Å². The van der Waals surface area contributed by atoms with Crippen molar-refractivity contribution in [2.24, 2.45) is 5.73 Å². The Labute approximate surface area is 199 Å². The lowest BCUT2D eigenvalue weighted by Crippen LogP contribution is -2.21. The highest BCUT2D eigenvalue weighted by atomic mass is 19.4. The standard InChI is InChI=1S/C24H23FN2O.C2HF3O2/c25-23(13-16-4-3-7-22(12-16)28-21-5-1-2-6-21)19-10-8-18-15-20(24(26)27)11-9-17(18)14-19;3-2(4,5)1(6)7/h3-4,7-15,21H,1-2,5-6H2,(H3,26,27);(H,6,7)/b23-13-;. The molecule has 0 saturated heterocycles. The van der Waals surface area contributed by atoms with E-state index in [2.05, 4.69) is 0 Å². The van der Waals surface area contributed by atoms with Crippen LogP contribution in [0.4, 0.5) is 17.6 Å². The number of carboxylic acids is 1. The van der Waals surface area contributed by atoms with Crippen molar-refractivity contribution in [3.63, 3.8) is 0 Å². The Morgan fingerprint density at radius 1 is 1.00 bits per heavy atom. The van der Waals surface area contributed by atoms with E-state index in [-0.39, 0.29) is 17.8 Å². The highest BCUT2D eigenvalue weighted by Gasteiger charge is 2.38. The molecule has 1 aliphatic carbocycles. The molecular formula is C26H24F4N2O3. The normalized spacial score (nSPS) is 14.3. The molecule has 4 rings (SSSR count). The lowest BCUT2D eigenvalue weighted by atomic mass is 10.0. The lowest BCUT2D eigenvalue weighted by molar-refractivity contribution is -0.192. The third-order valence-corrected chi connectivity index (χ3v) is 5.43. The van der Waals surface area contributed by atoms with Gasteiger partial charge < -0.3 is 15.6 Å². The van der Waals surface area contributed by atoms with Crippen LogP contribution in [0.5, 0.6) is 5.75 Å². The summed E-state index contributed by atoms with van der Waals surface area (Å²) in [6.07, 6.45) is 1.36. The molecule has 0 amide bonds. The van der Waals surface area contributed by atoms with Crippen LogP contribution in [0.25, 0.3) is 22.7 Å². The van der Waals surface area contributed by atoms with E-state index in [0.29, 0.717) is 11.1 Å². The summed E-state index contributed by atoms with van der Waals surface area (Å²) in [5, 5.41) is 16.5. The zero-order chi connectivity index (χ0) is 25.6. The van der Waals surface area contributed by atoms with Gasteiger partial charge in [-0.25, -0.2) is 9.18 Å². The molecule has 0 unspecified atom stereocenters. The van der Waals surface area contributed by atoms with Crippen LogP contribution in [0, 0.1) is 5.41 Å². The highest BCUT2D eigenvalue weighted by Crippen LogP contribution is 2.28. The molecule has 0 aliphatic heterocycles. The summed E-state index contributed by atoms with van der Waals surface area (Å²) in [5.74, 6) is -2.23. The SMILES string of the molecule is N=C(N)c1ccc2cc(/C(F)=C/c3cccc(OC4CCCC4)c3)ccc2c1.O=C(O)C(F)(F)F. The second kappa shape index (κ2) is 11.0. The van der Waals surface area contributed by atoms with E-state index in [1.807, 2.05) is 48.5 Å². The van der Waals surface area contributed by atoms with Crippen molar-refractivity contribution in [2.75, 3.05) is 0 Å². The van der Waals surface area contributed by atoms with Gasteiger partial charge in [-0.1, -0.05) is 36.4 Å². The Morgan fingerprint density at radius 3 is 2.14 bits per heavy atom. The van der Waals surface area contributed by atoms with Gasteiger partial charge in [0.15, 0.2) is 0 Å². The van der Waals surface area contributed by atoms with E-state index >= 15 is 0 Å². The molecule has 3 aromatic rings. The average Bonchev–Trinajstić information content (AvgIpc) is 3.31. The summed E-state index contributed by atoms with van der Waals surface area (Å²) in [5.41, 5.74) is 7.50.